The molecule has 2 N–H and O–H groups in total. The summed E-state index contributed by atoms with van der Waals surface area (Å²) < 4.78 is 0. The Kier molecular flexibility index (Phi) is 3.52. The van der Waals surface area contributed by atoms with Gasteiger partial charge < -0.3 is 10.6 Å². The maximum absolute atomic E-state index is 12.5. The number of nitrogens with zero attached hydrogens (tertiary/aromatic N) is 2. The summed E-state index contributed by atoms with van der Waals surface area (Å²) in [6.07, 6.45) is 3.44. The van der Waals surface area contributed by atoms with Crippen molar-refractivity contribution in [3.8, 4) is 0 Å². The molecular formula is C16H23N3OS. The van der Waals surface area contributed by atoms with Crippen LogP contribution >= 0.6 is 11.3 Å². The largest absolute Gasteiger partial charge is 0.337 e. The molecule has 0 spiro atoms. The number of amides is 1. The molecule has 4 rings (SSSR count). The van der Waals surface area contributed by atoms with Crippen molar-refractivity contribution in [2.75, 3.05) is 26.2 Å². The number of carbonyl (C=O) groups is 1. The Balaban J connectivity index is 1.35. The van der Waals surface area contributed by atoms with Gasteiger partial charge in [-0.1, -0.05) is 0 Å². The van der Waals surface area contributed by atoms with Gasteiger partial charge in [0.05, 0.1) is 6.54 Å². The molecule has 1 saturated carbocycles. The standard InChI is InChI=1S/C16H23N3OS/c17-14-2-1-11-7-18(9-13(11)14)10-16(20)19-5-3-15-12(8-19)4-6-21-15/h4,6,11,13-14H,1-3,5,7-10,17H2. The molecular weight excluding hydrogens is 282 g/mol. The lowest BCUT2D eigenvalue weighted by molar-refractivity contribution is -0.133. The molecule has 4 nitrogen and oxygen atoms in total. The first-order valence-corrected chi connectivity index (χ1v) is 8.89. The molecule has 114 valence electrons. The summed E-state index contributed by atoms with van der Waals surface area (Å²) in [7, 11) is 0. The third-order valence-electron chi connectivity index (χ3n) is 5.51. The minimum absolute atomic E-state index is 0.292. The second-order valence-electron chi connectivity index (χ2n) is 6.79. The average Bonchev–Trinajstić information content (AvgIpc) is 3.16. The number of fused-ring (bicyclic) bond motifs is 2. The highest BCUT2D eigenvalue weighted by Gasteiger charge is 2.41. The predicted octanol–water partition coefficient (Wildman–Crippen LogP) is 1.30. The van der Waals surface area contributed by atoms with Crippen molar-refractivity contribution in [1.29, 1.82) is 0 Å². The summed E-state index contributed by atoms with van der Waals surface area (Å²) in [5.41, 5.74) is 7.52. The summed E-state index contributed by atoms with van der Waals surface area (Å²) >= 11 is 1.82. The molecule has 3 aliphatic rings. The van der Waals surface area contributed by atoms with Crippen LogP contribution in [0, 0.1) is 11.8 Å². The van der Waals surface area contributed by atoms with E-state index < -0.39 is 0 Å². The second kappa shape index (κ2) is 5.38. The summed E-state index contributed by atoms with van der Waals surface area (Å²) in [5.74, 6) is 1.65. The molecule has 1 amide bonds. The second-order valence-corrected chi connectivity index (χ2v) is 7.79. The van der Waals surface area contributed by atoms with Crippen LogP contribution in [0.2, 0.25) is 0 Å². The van der Waals surface area contributed by atoms with Gasteiger partial charge in [0.25, 0.3) is 0 Å². The van der Waals surface area contributed by atoms with E-state index in [9.17, 15) is 4.79 Å². The van der Waals surface area contributed by atoms with Gasteiger partial charge in [-0.05, 0) is 48.1 Å². The van der Waals surface area contributed by atoms with Crippen molar-refractivity contribution in [2.45, 2.75) is 31.8 Å². The molecule has 0 radical (unpaired) electrons. The molecule has 1 saturated heterocycles. The van der Waals surface area contributed by atoms with Crippen molar-refractivity contribution >= 4 is 17.2 Å². The van der Waals surface area contributed by atoms with Gasteiger partial charge in [-0.2, -0.15) is 0 Å². The van der Waals surface area contributed by atoms with Crippen molar-refractivity contribution in [2.24, 2.45) is 17.6 Å². The zero-order valence-corrected chi connectivity index (χ0v) is 13.1. The molecule has 1 aromatic rings. The highest BCUT2D eigenvalue weighted by atomic mass is 32.1. The molecule has 21 heavy (non-hydrogen) atoms. The molecule has 3 heterocycles. The minimum Gasteiger partial charge on any atom is -0.337 e. The molecule has 1 aromatic heterocycles. The number of likely N-dealkylation sites (tertiary alicyclic amines) is 1. The summed E-state index contributed by atoms with van der Waals surface area (Å²) in [6, 6.07) is 2.53. The van der Waals surface area contributed by atoms with E-state index in [1.54, 1.807) is 0 Å². The van der Waals surface area contributed by atoms with Crippen molar-refractivity contribution in [1.82, 2.24) is 9.80 Å². The van der Waals surface area contributed by atoms with Gasteiger partial charge in [0.15, 0.2) is 0 Å². The van der Waals surface area contributed by atoms with Crippen molar-refractivity contribution < 1.29 is 4.79 Å². The summed E-state index contributed by atoms with van der Waals surface area (Å²) in [4.78, 5) is 18.4. The van der Waals surface area contributed by atoms with Crippen LogP contribution in [-0.2, 0) is 17.8 Å². The van der Waals surface area contributed by atoms with Crippen LogP contribution in [0.3, 0.4) is 0 Å². The predicted molar refractivity (Wildman–Crippen MR) is 84.1 cm³/mol. The zero-order chi connectivity index (χ0) is 14.4. The third kappa shape index (κ3) is 2.51. The fourth-order valence-electron chi connectivity index (χ4n) is 4.28. The fraction of sp³-hybridized carbons (Fsp3) is 0.688. The van der Waals surface area contributed by atoms with Crippen LogP contribution in [-0.4, -0.2) is 47.9 Å². The lowest BCUT2D eigenvalue weighted by Gasteiger charge is -2.29. The maximum atomic E-state index is 12.5. The summed E-state index contributed by atoms with van der Waals surface area (Å²) in [6.45, 7) is 4.36. The van der Waals surface area contributed by atoms with E-state index in [1.165, 1.54) is 23.3 Å². The highest BCUT2D eigenvalue weighted by Crippen LogP contribution is 2.37. The lowest BCUT2D eigenvalue weighted by Crippen LogP contribution is -2.42. The number of rotatable bonds is 2. The average molecular weight is 305 g/mol. The molecule has 2 fully saturated rings. The first-order chi connectivity index (χ1) is 10.2. The SMILES string of the molecule is NC1CCC2CN(CC(=O)N3CCc4sccc4C3)CC12. The van der Waals surface area contributed by atoms with E-state index in [0.717, 1.165) is 38.5 Å². The number of carbonyl (C=O) groups excluding carboxylic acids is 1. The van der Waals surface area contributed by atoms with Gasteiger partial charge in [0, 0.05) is 37.1 Å². The van der Waals surface area contributed by atoms with Crippen molar-refractivity contribution in [3.05, 3.63) is 21.9 Å². The van der Waals surface area contributed by atoms with Crippen LogP contribution in [0.4, 0.5) is 0 Å². The van der Waals surface area contributed by atoms with Gasteiger partial charge in [-0.3, -0.25) is 9.69 Å². The minimum atomic E-state index is 0.292. The monoisotopic (exact) mass is 305 g/mol. The third-order valence-corrected chi connectivity index (χ3v) is 6.53. The number of hydrogen-bond acceptors (Lipinski definition) is 4. The van der Waals surface area contributed by atoms with Gasteiger partial charge in [0.1, 0.15) is 0 Å². The van der Waals surface area contributed by atoms with Gasteiger partial charge >= 0.3 is 0 Å². The first-order valence-electron chi connectivity index (χ1n) is 8.01. The first kappa shape index (κ1) is 13.7. The van der Waals surface area contributed by atoms with Crippen LogP contribution in [0.1, 0.15) is 23.3 Å². The van der Waals surface area contributed by atoms with Gasteiger partial charge in [0.2, 0.25) is 5.91 Å². The van der Waals surface area contributed by atoms with E-state index in [1.807, 2.05) is 16.2 Å². The number of thiophene rings is 1. The Hall–Kier alpha value is -0.910. The van der Waals surface area contributed by atoms with Gasteiger partial charge in [-0.25, -0.2) is 0 Å². The van der Waals surface area contributed by atoms with E-state index in [4.69, 9.17) is 5.73 Å². The Morgan fingerprint density at radius 2 is 2.29 bits per heavy atom. The molecule has 3 unspecified atom stereocenters. The van der Waals surface area contributed by atoms with Gasteiger partial charge in [-0.15, -0.1) is 11.3 Å². The number of nitrogens with two attached hydrogens (primary N) is 1. The maximum Gasteiger partial charge on any atom is 0.237 e. The zero-order valence-electron chi connectivity index (χ0n) is 12.3. The van der Waals surface area contributed by atoms with Crippen LogP contribution in [0.5, 0.6) is 0 Å². The molecule has 2 aliphatic heterocycles. The molecule has 0 aromatic carbocycles. The molecule has 3 atom stereocenters. The van der Waals surface area contributed by atoms with Crippen molar-refractivity contribution in [3.63, 3.8) is 0 Å². The van der Waals surface area contributed by atoms with E-state index in [0.29, 0.717) is 24.4 Å². The van der Waals surface area contributed by atoms with Crippen LogP contribution < -0.4 is 5.73 Å². The Morgan fingerprint density at radius 3 is 3.14 bits per heavy atom. The lowest BCUT2D eigenvalue weighted by atomic mass is 9.98. The number of hydrogen-bond donors (Lipinski definition) is 1. The summed E-state index contributed by atoms with van der Waals surface area (Å²) in [5, 5.41) is 2.14. The molecule has 5 heteroatoms. The quantitative estimate of drug-likeness (QED) is 0.896. The molecule has 0 bridgehead atoms. The molecule has 1 aliphatic carbocycles. The topological polar surface area (TPSA) is 49.6 Å². The Bertz CT molecular complexity index is 543. The highest BCUT2D eigenvalue weighted by molar-refractivity contribution is 7.10. The van der Waals surface area contributed by atoms with Crippen LogP contribution in [0.25, 0.3) is 0 Å². The Morgan fingerprint density at radius 1 is 1.38 bits per heavy atom. The van der Waals surface area contributed by atoms with Crippen LogP contribution in [0.15, 0.2) is 11.4 Å². The van der Waals surface area contributed by atoms with E-state index >= 15 is 0 Å². The smallest absolute Gasteiger partial charge is 0.237 e. The Labute approximate surface area is 129 Å². The fourth-order valence-corrected chi connectivity index (χ4v) is 5.17. The van der Waals surface area contributed by atoms with E-state index in [2.05, 4.69) is 16.3 Å². The normalized spacial score (nSPS) is 32.2. The van der Waals surface area contributed by atoms with E-state index in [-0.39, 0.29) is 0 Å².